The Kier molecular flexibility index (Phi) is 4.38. The topological polar surface area (TPSA) is 45.3 Å². The van der Waals surface area contributed by atoms with Gasteiger partial charge >= 0.3 is 0 Å². The maximum Gasteiger partial charge on any atom is 0.252 e. The van der Waals surface area contributed by atoms with Crippen LogP contribution < -0.4 is 5.56 Å². The summed E-state index contributed by atoms with van der Waals surface area (Å²) in [5.41, 5.74) is 2.87. The van der Waals surface area contributed by atoms with E-state index < -0.39 is 0 Å². The van der Waals surface area contributed by atoms with E-state index in [-0.39, 0.29) is 17.8 Å². The highest BCUT2D eigenvalue weighted by molar-refractivity contribution is 5.78. The monoisotopic (exact) mass is 334 g/mol. The lowest BCUT2D eigenvalue weighted by Gasteiger charge is -2.37. The molecule has 2 aromatic carbocycles. The number of hydrogen-bond donors (Lipinski definition) is 1. The Hall–Kier alpha value is -2.43. The number of ether oxygens (including phenoxy) is 1. The van der Waals surface area contributed by atoms with Crippen LogP contribution in [0.4, 0.5) is 0 Å². The highest BCUT2D eigenvalue weighted by Gasteiger charge is 2.26. The number of benzene rings is 2. The fourth-order valence-corrected chi connectivity index (χ4v) is 3.57. The van der Waals surface area contributed by atoms with Crippen LogP contribution in [0.15, 0.2) is 65.5 Å². The van der Waals surface area contributed by atoms with Gasteiger partial charge in [-0.25, -0.2) is 0 Å². The van der Waals surface area contributed by atoms with Gasteiger partial charge in [-0.2, -0.15) is 0 Å². The highest BCUT2D eigenvalue weighted by Crippen LogP contribution is 2.26. The molecule has 0 saturated carbocycles. The van der Waals surface area contributed by atoms with E-state index in [2.05, 4.69) is 28.9 Å². The molecule has 1 aliphatic heterocycles. The van der Waals surface area contributed by atoms with E-state index in [9.17, 15) is 4.79 Å². The molecule has 25 heavy (non-hydrogen) atoms. The first-order valence-electron chi connectivity index (χ1n) is 8.73. The number of aromatic amines is 1. The van der Waals surface area contributed by atoms with Crippen LogP contribution in [0, 0.1) is 0 Å². The number of pyridine rings is 1. The average Bonchev–Trinajstić information content (AvgIpc) is 2.63. The predicted molar refractivity (Wildman–Crippen MR) is 99.6 cm³/mol. The number of nitrogens with zero attached hydrogens (tertiary/aromatic N) is 1. The number of para-hydroxylation sites is 1. The van der Waals surface area contributed by atoms with Crippen molar-refractivity contribution in [2.24, 2.45) is 0 Å². The first kappa shape index (κ1) is 16.1. The van der Waals surface area contributed by atoms with E-state index in [1.807, 2.05) is 48.5 Å². The van der Waals surface area contributed by atoms with Crippen molar-refractivity contribution in [2.45, 2.75) is 25.7 Å². The summed E-state index contributed by atoms with van der Waals surface area (Å²) in [4.78, 5) is 17.7. The van der Waals surface area contributed by atoms with Gasteiger partial charge in [-0.15, -0.1) is 0 Å². The number of H-pyrrole nitrogens is 1. The molecule has 0 aliphatic carbocycles. The summed E-state index contributed by atoms with van der Waals surface area (Å²) in [6.07, 6.45) is 0.183. The number of aromatic nitrogens is 1. The Balaban J connectivity index is 1.57. The molecule has 128 valence electrons. The van der Waals surface area contributed by atoms with Crippen molar-refractivity contribution in [3.05, 3.63) is 82.1 Å². The molecule has 1 saturated heterocycles. The van der Waals surface area contributed by atoms with Crippen molar-refractivity contribution < 1.29 is 4.74 Å². The lowest BCUT2D eigenvalue weighted by Crippen LogP contribution is -2.43. The Morgan fingerprint density at radius 3 is 2.68 bits per heavy atom. The first-order chi connectivity index (χ1) is 12.2. The summed E-state index contributed by atoms with van der Waals surface area (Å²) < 4.78 is 6.11. The molecule has 4 heteroatoms. The molecule has 2 atom stereocenters. The number of fused-ring (bicyclic) bond motifs is 1. The zero-order chi connectivity index (χ0) is 17.2. The third-order valence-electron chi connectivity index (χ3n) is 4.73. The molecule has 0 radical (unpaired) electrons. The largest absolute Gasteiger partial charge is 0.368 e. The lowest BCUT2D eigenvalue weighted by molar-refractivity contribution is -0.0814. The Morgan fingerprint density at radius 1 is 1.08 bits per heavy atom. The molecular formula is C21H22N2O2. The molecule has 4 nitrogen and oxygen atoms in total. The van der Waals surface area contributed by atoms with E-state index in [4.69, 9.17) is 4.74 Å². The van der Waals surface area contributed by atoms with E-state index in [0.717, 1.165) is 29.6 Å². The molecule has 2 heterocycles. The minimum atomic E-state index is -0.00546. The van der Waals surface area contributed by atoms with E-state index >= 15 is 0 Å². The maximum absolute atomic E-state index is 12.4. The number of morpholine rings is 1. The number of rotatable bonds is 3. The molecule has 1 fully saturated rings. The second-order valence-corrected chi connectivity index (χ2v) is 6.75. The van der Waals surface area contributed by atoms with Crippen LogP contribution in [0.25, 0.3) is 10.9 Å². The fourth-order valence-electron chi connectivity index (χ4n) is 3.57. The summed E-state index contributed by atoms with van der Waals surface area (Å²) in [6.45, 7) is 4.35. The standard InChI is InChI=1S/C21H22N2O2/c1-15-12-23(14-20(25-15)16-7-3-2-4-8-16)13-18-11-17-9-5-6-10-19(17)22-21(18)24/h2-11,15,20H,12-14H2,1H3,(H,22,24). The fraction of sp³-hybridized carbons (Fsp3) is 0.286. The second kappa shape index (κ2) is 6.82. The third kappa shape index (κ3) is 3.50. The molecule has 1 aromatic heterocycles. The van der Waals surface area contributed by atoms with Crippen LogP contribution in [-0.2, 0) is 11.3 Å². The van der Waals surface area contributed by atoms with Gasteiger partial charge in [0.25, 0.3) is 5.56 Å². The van der Waals surface area contributed by atoms with Crippen molar-refractivity contribution in [1.82, 2.24) is 9.88 Å². The van der Waals surface area contributed by atoms with Gasteiger partial charge in [-0.3, -0.25) is 9.69 Å². The summed E-state index contributed by atoms with van der Waals surface area (Å²) in [7, 11) is 0. The van der Waals surface area contributed by atoms with Gasteiger partial charge in [0.2, 0.25) is 0 Å². The Labute approximate surface area is 147 Å². The Morgan fingerprint density at radius 2 is 1.84 bits per heavy atom. The molecule has 1 aliphatic rings. The van der Waals surface area contributed by atoms with Gasteiger partial charge in [0.05, 0.1) is 12.2 Å². The molecule has 0 bridgehead atoms. The Bertz CT molecular complexity index is 920. The molecule has 2 unspecified atom stereocenters. The van der Waals surface area contributed by atoms with E-state index in [0.29, 0.717) is 6.54 Å². The third-order valence-corrected chi connectivity index (χ3v) is 4.73. The minimum absolute atomic E-state index is 0.00546. The molecule has 4 rings (SSSR count). The van der Waals surface area contributed by atoms with Gasteiger partial charge in [0.15, 0.2) is 0 Å². The van der Waals surface area contributed by atoms with Crippen molar-refractivity contribution in [1.29, 1.82) is 0 Å². The molecule has 1 N–H and O–H groups in total. The smallest absolute Gasteiger partial charge is 0.252 e. The lowest BCUT2D eigenvalue weighted by atomic mass is 10.1. The normalized spacial score (nSPS) is 21.5. The van der Waals surface area contributed by atoms with Crippen LogP contribution in [-0.4, -0.2) is 29.1 Å². The molecule has 0 spiro atoms. The van der Waals surface area contributed by atoms with Crippen LogP contribution in [0.5, 0.6) is 0 Å². The quantitative estimate of drug-likeness (QED) is 0.797. The summed E-state index contributed by atoms with van der Waals surface area (Å²) >= 11 is 0. The van der Waals surface area contributed by atoms with Gasteiger partial charge in [0, 0.05) is 30.7 Å². The highest BCUT2D eigenvalue weighted by atomic mass is 16.5. The zero-order valence-electron chi connectivity index (χ0n) is 14.3. The number of hydrogen-bond acceptors (Lipinski definition) is 3. The van der Waals surface area contributed by atoms with Gasteiger partial charge in [0.1, 0.15) is 0 Å². The minimum Gasteiger partial charge on any atom is -0.368 e. The first-order valence-corrected chi connectivity index (χ1v) is 8.73. The average molecular weight is 334 g/mol. The van der Waals surface area contributed by atoms with Crippen molar-refractivity contribution >= 4 is 10.9 Å². The van der Waals surface area contributed by atoms with E-state index in [1.165, 1.54) is 5.56 Å². The van der Waals surface area contributed by atoms with Gasteiger partial charge in [-0.05, 0) is 30.0 Å². The van der Waals surface area contributed by atoms with Crippen molar-refractivity contribution in [2.75, 3.05) is 13.1 Å². The predicted octanol–water partition coefficient (Wildman–Crippen LogP) is 3.49. The van der Waals surface area contributed by atoms with Gasteiger partial charge < -0.3 is 9.72 Å². The second-order valence-electron chi connectivity index (χ2n) is 6.75. The van der Waals surface area contributed by atoms with Crippen LogP contribution >= 0.6 is 0 Å². The summed E-state index contributed by atoms with van der Waals surface area (Å²) in [5, 5.41) is 1.07. The van der Waals surface area contributed by atoms with E-state index in [1.54, 1.807) is 0 Å². The summed E-state index contributed by atoms with van der Waals surface area (Å²) in [5.74, 6) is 0. The van der Waals surface area contributed by atoms with Gasteiger partial charge in [-0.1, -0.05) is 48.5 Å². The molecule has 0 amide bonds. The summed E-state index contributed by atoms with van der Waals surface area (Å²) in [6, 6.07) is 20.2. The molecular weight excluding hydrogens is 312 g/mol. The molecule has 3 aromatic rings. The SMILES string of the molecule is CC1CN(Cc2cc3ccccc3[nH]c2=O)CC(c2ccccc2)O1. The van der Waals surface area contributed by atoms with Crippen molar-refractivity contribution in [3.8, 4) is 0 Å². The van der Waals surface area contributed by atoms with Crippen LogP contribution in [0.2, 0.25) is 0 Å². The number of nitrogens with one attached hydrogen (secondary N) is 1. The zero-order valence-corrected chi connectivity index (χ0v) is 14.3. The maximum atomic E-state index is 12.4. The van der Waals surface area contributed by atoms with Crippen LogP contribution in [0.3, 0.4) is 0 Å². The van der Waals surface area contributed by atoms with Crippen LogP contribution in [0.1, 0.15) is 24.2 Å². The van der Waals surface area contributed by atoms with Crippen molar-refractivity contribution in [3.63, 3.8) is 0 Å².